The molecule has 0 aliphatic carbocycles. The first-order valence-corrected chi connectivity index (χ1v) is 5.59. The molecule has 96 valence electrons. The first kappa shape index (κ1) is 13.6. The van der Waals surface area contributed by atoms with Crippen LogP contribution in [0.4, 0.5) is 0 Å². The second-order valence-corrected chi connectivity index (χ2v) is 4.20. The number of carbonyl (C=O) groups excluding carboxylic acids is 1. The second-order valence-electron chi connectivity index (χ2n) is 4.20. The van der Waals surface area contributed by atoms with E-state index in [0.717, 1.165) is 12.2 Å². The number of aromatic nitrogens is 3. The van der Waals surface area contributed by atoms with E-state index in [1.165, 1.54) is 7.11 Å². The summed E-state index contributed by atoms with van der Waals surface area (Å²) in [6.07, 6.45) is 0.598. The zero-order chi connectivity index (χ0) is 12.8. The van der Waals surface area contributed by atoms with E-state index in [4.69, 9.17) is 4.74 Å². The normalized spacial score (nSPS) is 10.9. The van der Waals surface area contributed by atoms with Crippen LogP contribution in [0.3, 0.4) is 0 Å². The van der Waals surface area contributed by atoms with E-state index in [-0.39, 0.29) is 5.69 Å². The summed E-state index contributed by atoms with van der Waals surface area (Å²) in [6.45, 7) is 5.41. The fourth-order valence-electron chi connectivity index (χ4n) is 1.53. The van der Waals surface area contributed by atoms with Gasteiger partial charge in [-0.1, -0.05) is 19.1 Å². The Morgan fingerprint density at radius 1 is 1.41 bits per heavy atom. The number of nitrogens with zero attached hydrogens (tertiary/aromatic N) is 3. The first-order chi connectivity index (χ1) is 8.10. The van der Waals surface area contributed by atoms with Crippen molar-refractivity contribution in [2.75, 3.05) is 20.8 Å². The second kappa shape index (κ2) is 6.34. The van der Waals surface area contributed by atoms with Crippen LogP contribution in [0.1, 0.15) is 30.0 Å². The van der Waals surface area contributed by atoms with Crippen LogP contribution in [-0.2, 0) is 22.4 Å². The van der Waals surface area contributed by atoms with Crippen LogP contribution in [0.2, 0.25) is 0 Å². The maximum atomic E-state index is 11.5. The third kappa shape index (κ3) is 3.52. The fraction of sp³-hybridized carbons (Fsp3) is 0.727. The average Bonchev–Trinajstić information content (AvgIpc) is 2.67. The van der Waals surface area contributed by atoms with Crippen molar-refractivity contribution in [3.05, 3.63) is 11.4 Å². The smallest absolute Gasteiger partial charge is 0.360 e. The molecule has 1 rings (SSSR count). The van der Waals surface area contributed by atoms with Gasteiger partial charge in [0, 0.05) is 20.1 Å². The number of carbonyl (C=O) groups is 1. The molecular weight excluding hydrogens is 222 g/mol. The number of hydrogen-bond donors (Lipinski definition) is 0. The first-order valence-electron chi connectivity index (χ1n) is 5.59. The minimum Gasteiger partial charge on any atom is -0.464 e. The third-order valence-corrected chi connectivity index (χ3v) is 2.30. The molecule has 0 aliphatic heterocycles. The highest BCUT2D eigenvalue weighted by molar-refractivity contribution is 5.88. The molecule has 0 N–H and O–H groups in total. The molecule has 0 aromatic carbocycles. The van der Waals surface area contributed by atoms with Crippen molar-refractivity contribution < 1.29 is 14.3 Å². The predicted molar refractivity (Wildman–Crippen MR) is 61.8 cm³/mol. The van der Waals surface area contributed by atoms with Gasteiger partial charge in [-0.15, -0.1) is 5.10 Å². The topological polar surface area (TPSA) is 66.2 Å². The molecule has 17 heavy (non-hydrogen) atoms. The minimum absolute atomic E-state index is 0.283. The van der Waals surface area contributed by atoms with Gasteiger partial charge in [-0.3, -0.25) is 0 Å². The summed E-state index contributed by atoms with van der Waals surface area (Å²) < 4.78 is 11.4. The lowest BCUT2D eigenvalue weighted by Crippen LogP contribution is -2.14. The Kier molecular flexibility index (Phi) is 5.09. The van der Waals surface area contributed by atoms with Crippen LogP contribution < -0.4 is 0 Å². The Hall–Kier alpha value is -1.43. The minimum atomic E-state index is -0.453. The van der Waals surface area contributed by atoms with Gasteiger partial charge in [-0.2, -0.15) is 0 Å². The molecule has 0 radical (unpaired) electrons. The van der Waals surface area contributed by atoms with Crippen molar-refractivity contribution in [2.45, 2.75) is 26.8 Å². The molecule has 1 aromatic heterocycles. The molecule has 0 fully saturated rings. The van der Waals surface area contributed by atoms with Gasteiger partial charge in [0.15, 0.2) is 5.69 Å². The summed E-state index contributed by atoms with van der Waals surface area (Å²) in [4.78, 5) is 11.5. The monoisotopic (exact) mass is 241 g/mol. The van der Waals surface area contributed by atoms with Gasteiger partial charge in [0.1, 0.15) is 0 Å². The third-order valence-electron chi connectivity index (χ3n) is 2.30. The highest BCUT2D eigenvalue weighted by Gasteiger charge is 2.20. The van der Waals surface area contributed by atoms with Crippen molar-refractivity contribution in [3.8, 4) is 0 Å². The summed E-state index contributed by atoms with van der Waals surface area (Å²) in [5.74, 6) is -0.0189. The Balaban J connectivity index is 2.97. The van der Waals surface area contributed by atoms with Gasteiger partial charge in [-0.05, 0) is 5.92 Å². The lowest BCUT2D eigenvalue weighted by molar-refractivity contribution is 0.0592. The van der Waals surface area contributed by atoms with E-state index in [1.54, 1.807) is 11.8 Å². The number of ether oxygens (including phenoxy) is 2. The molecule has 0 bridgehead atoms. The largest absolute Gasteiger partial charge is 0.464 e. The van der Waals surface area contributed by atoms with E-state index in [9.17, 15) is 4.79 Å². The zero-order valence-electron chi connectivity index (χ0n) is 10.8. The van der Waals surface area contributed by atoms with Gasteiger partial charge in [0.2, 0.25) is 0 Å². The number of hydrogen-bond acceptors (Lipinski definition) is 5. The molecule has 0 saturated heterocycles. The fourth-order valence-corrected chi connectivity index (χ4v) is 1.53. The average molecular weight is 241 g/mol. The van der Waals surface area contributed by atoms with E-state index < -0.39 is 5.97 Å². The summed E-state index contributed by atoms with van der Waals surface area (Å²) in [6, 6.07) is 0. The Bertz CT molecular complexity index is 374. The maximum absolute atomic E-state index is 11.5. The molecule has 0 unspecified atom stereocenters. The van der Waals surface area contributed by atoms with Crippen LogP contribution >= 0.6 is 0 Å². The molecule has 1 aromatic rings. The molecule has 6 nitrogen and oxygen atoms in total. The number of rotatable bonds is 6. The molecule has 0 amide bonds. The van der Waals surface area contributed by atoms with E-state index in [1.807, 2.05) is 0 Å². The number of methoxy groups -OCH3 is 2. The summed E-state index contributed by atoms with van der Waals surface area (Å²) in [5.41, 5.74) is 1.05. The van der Waals surface area contributed by atoms with Crippen molar-refractivity contribution in [3.63, 3.8) is 0 Å². The van der Waals surface area contributed by atoms with Gasteiger partial charge in [-0.25, -0.2) is 9.48 Å². The van der Waals surface area contributed by atoms with E-state index in [0.29, 0.717) is 18.9 Å². The highest BCUT2D eigenvalue weighted by Crippen LogP contribution is 2.10. The lowest BCUT2D eigenvalue weighted by atomic mass is 10.2. The number of esters is 1. The van der Waals surface area contributed by atoms with Crippen molar-refractivity contribution in [1.82, 2.24) is 15.0 Å². The van der Waals surface area contributed by atoms with Crippen LogP contribution in [0.5, 0.6) is 0 Å². The summed E-state index contributed by atoms with van der Waals surface area (Å²) >= 11 is 0. The molecule has 0 spiro atoms. The Morgan fingerprint density at radius 2 is 2.12 bits per heavy atom. The van der Waals surface area contributed by atoms with Gasteiger partial charge in [0.05, 0.1) is 19.4 Å². The van der Waals surface area contributed by atoms with Gasteiger partial charge < -0.3 is 9.47 Å². The van der Waals surface area contributed by atoms with Crippen LogP contribution in [0.15, 0.2) is 0 Å². The van der Waals surface area contributed by atoms with Gasteiger partial charge >= 0.3 is 5.97 Å². The molecule has 6 heteroatoms. The van der Waals surface area contributed by atoms with E-state index in [2.05, 4.69) is 28.9 Å². The summed E-state index contributed by atoms with van der Waals surface area (Å²) in [7, 11) is 2.96. The Labute approximate surface area is 101 Å². The summed E-state index contributed by atoms with van der Waals surface area (Å²) in [5, 5.41) is 7.86. The maximum Gasteiger partial charge on any atom is 0.360 e. The molecule has 0 aliphatic rings. The zero-order valence-corrected chi connectivity index (χ0v) is 10.8. The molecule has 1 heterocycles. The lowest BCUT2D eigenvalue weighted by Gasteiger charge is -2.09. The Morgan fingerprint density at radius 3 is 2.65 bits per heavy atom. The van der Waals surface area contributed by atoms with Crippen LogP contribution in [0.25, 0.3) is 0 Å². The van der Waals surface area contributed by atoms with Crippen molar-refractivity contribution in [1.29, 1.82) is 0 Å². The van der Waals surface area contributed by atoms with Crippen LogP contribution in [0, 0.1) is 5.92 Å². The molecule has 0 atom stereocenters. The van der Waals surface area contributed by atoms with Crippen molar-refractivity contribution in [2.24, 2.45) is 5.92 Å². The quantitative estimate of drug-likeness (QED) is 0.692. The van der Waals surface area contributed by atoms with Gasteiger partial charge in [0.25, 0.3) is 0 Å². The molecular formula is C11H19N3O3. The van der Waals surface area contributed by atoms with Crippen LogP contribution in [-0.4, -0.2) is 41.8 Å². The standard InChI is InChI=1S/C11H19N3O3/c1-8(2)7-14-9(5-6-16-3)10(12-13-14)11(15)17-4/h8H,5-7H2,1-4H3. The SMILES string of the molecule is COCCc1c(C(=O)OC)nnn1CC(C)C. The highest BCUT2D eigenvalue weighted by atomic mass is 16.5. The molecule has 0 saturated carbocycles. The predicted octanol–water partition coefficient (Wildman–Crippen LogP) is 0.910. The van der Waals surface area contributed by atoms with Crippen molar-refractivity contribution >= 4 is 5.97 Å². The van der Waals surface area contributed by atoms with E-state index >= 15 is 0 Å².